The van der Waals surface area contributed by atoms with Gasteiger partial charge in [-0.3, -0.25) is 4.99 Å². The van der Waals surface area contributed by atoms with Gasteiger partial charge in [-0.05, 0) is 38.5 Å². The summed E-state index contributed by atoms with van der Waals surface area (Å²) in [5, 5.41) is 2.90. The Balaban J connectivity index is 3.08. The molecular formula is C16H24F3N3O. The van der Waals surface area contributed by atoms with Gasteiger partial charge < -0.3 is 15.0 Å². The molecule has 0 heterocycles. The van der Waals surface area contributed by atoms with Crippen LogP contribution in [0.1, 0.15) is 31.9 Å². The van der Waals surface area contributed by atoms with Gasteiger partial charge in [0, 0.05) is 27.7 Å². The first-order valence-corrected chi connectivity index (χ1v) is 7.21. The molecule has 1 aromatic carbocycles. The van der Waals surface area contributed by atoms with E-state index in [4.69, 9.17) is 4.74 Å². The molecule has 0 unspecified atom stereocenters. The fourth-order valence-electron chi connectivity index (χ4n) is 2.00. The number of ether oxygens (including phenoxy) is 1. The third-order valence-corrected chi connectivity index (χ3v) is 2.88. The van der Waals surface area contributed by atoms with Crippen LogP contribution >= 0.6 is 0 Å². The normalized spacial score (nSPS) is 13.0. The van der Waals surface area contributed by atoms with Crippen molar-refractivity contribution < 1.29 is 17.9 Å². The molecule has 1 aromatic rings. The average molecular weight is 331 g/mol. The van der Waals surface area contributed by atoms with Gasteiger partial charge in [0.25, 0.3) is 0 Å². The van der Waals surface area contributed by atoms with Crippen molar-refractivity contribution in [3.63, 3.8) is 0 Å². The summed E-state index contributed by atoms with van der Waals surface area (Å²) in [6.45, 7) is 5.39. The van der Waals surface area contributed by atoms with Crippen molar-refractivity contribution in [2.24, 2.45) is 4.99 Å². The van der Waals surface area contributed by atoms with E-state index in [0.29, 0.717) is 5.96 Å². The smallest absolute Gasteiger partial charge is 0.416 e. The van der Waals surface area contributed by atoms with Crippen LogP contribution in [0.2, 0.25) is 0 Å². The first-order valence-electron chi connectivity index (χ1n) is 7.21. The zero-order chi connectivity index (χ0) is 17.8. The Morgan fingerprint density at radius 3 is 2.26 bits per heavy atom. The molecule has 23 heavy (non-hydrogen) atoms. The predicted octanol–water partition coefficient (Wildman–Crippen LogP) is 3.52. The average Bonchev–Trinajstić information content (AvgIpc) is 2.37. The molecule has 0 atom stereocenters. The summed E-state index contributed by atoms with van der Waals surface area (Å²) >= 11 is 0. The van der Waals surface area contributed by atoms with E-state index >= 15 is 0 Å². The van der Waals surface area contributed by atoms with Gasteiger partial charge in [-0.1, -0.05) is 6.07 Å². The zero-order valence-electron chi connectivity index (χ0n) is 14.4. The van der Waals surface area contributed by atoms with Crippen molar-refractivity contribution in [3.05, 3.63) is 29.3 Å². The molecule has 0 bridgehead atoms. The van der Waals surface area contributed by atoms with Crippen LogP contribution in [0.25, 0.3) is 0 Å². The summed E-state index contributed by atoms with van der Waals surface area (Å²) in [7, 11) is 5.10. The van der Waals surface area contributed by atoms with E-state index in [2.05, 4.69) is 10.3 Å². The molecule has 0 radical (unpaired) electrons. The molecule has 0 fully saturated rings. The van der Waals surface area contributed by atoms with E-state index in [1.165, 1.54) is 6.07 Å². The van der Waals surface area contributed by atoms with Crippen LogP contribution in [0.3, 0.4) is 0 Å². The highest BCUT2D eigenvalue weighted by Crippen LogP contribution is 2.35. The van der Waals surface area contributed by atoms with Gasteiger partial charge in [0.05, 0.1) is 5.56 Å². The Hall–Kier alpha value is -1.92. The second-order valence-corrected chi connectivity index (χ2v) is 6.33. The van der Waals surface area contributed by atoms with Gasteiger partial charge in [0.1, 0.15) is 11.4 Å². The number of hydrogen-bond acceptors (Lipinski definition) is 2. The maximum atomic E-state index is 13.3. The topological polar surface area (TPSA) is 36.9 Å². The van der Waals surface area contributed by atoms with Crippen molar-refractivity contribution in [1.29, 1.82) is 0 Å². The molecule has 1 rings (SSSR count). The fraction of sp³-hybridized carbons (Fsp3) is 0.562. The van der Waals surface area contributed by atoms with Gasteiger partial charge >= 0.3 is 6.18 Å². The lowest BCUT2D eigenvalue weighted by Crippen LogP contribution is -2.36. The van der Waals surface area contributed by atoms with Crippen LogP contribution in [0.15, 0.2) is 23.2 Å². The summed E-state index contributed by atoms with van der Waals surface area (Å²) in [6, 6.07) is 4.02. The lowest BCUT2D eigenvalue weighted by Gasteiger charge is -2.23. The molecular weight excluding hydrogens is 307 g/mol. The zero-order valence-corrected chi connectivity index (χ0v) is 14.4. The maximum Gasteiger partial charge on any atom is 0.416 e. The summed E-state index contributed by atoms with van der Waals surface area (Å²) in [5.74, 6) is 0.707. The number of alkyl halides is 3. The van der Waals surface area contributed by atoms with E-state index < -0.39 is 17.3 Å². The van der Waals surface area contributed by atoms with Crippen LogP contribution in [-0.4, -0.2) is 37.6 Å². The molecule has 0 aliphatic rings. The molecule has 4 nitrogen and oxygen atoms in total. The second kappa shape index (κ2) is 7.10. The maximum absolute atomic E-state index is 13.3. The quantitative estimate of drug-likeness (QED) is 0.680. The SMILES string of the molecule is CN=C(NCc1ccc(OC(C)(C)C)cc1C(F)(F)F)N(C)C. The molecule has 1 N–H and O–H groups in total. The number of halogens is 3. The predicted molar refractivity (Wildman–Crippen MR) is 85.7 cm³/mol. The molecule has 0 aliphatic heterocycles. The van der Waals surface area contributed by atoms with Gasteiger partial charge in [-0.15, -0.1) is 0 Å². The Kier molecular flexibility index (Phi) is 5.91. The first-order chi connectivity index (χ1) is 10.4. The molecule has 0 amide bonds. The number of nitrogens with zero attached hydrogens (tertiary/aromatic N) is 2. The van der Waals surface area contributed by atoms with Crippen LogP contribution in [-0.2, 0) is 12.7 Å². The van der Waals surface area contributed by atoms with E-state index in [9.17, 15) is 13.2 Å². The number of rotatable bonds is 3. The highest BCUT2D eigenvalue weighted by molar-refractivity contribution is 5.79. The third-order valence-electron chi connectivity index (χ3n) is 2.88. The van der Waals surface area contributed by atoms with Gasteiger partial charge in [0.2, 0.25) is 0 Å². The molecule has 0 saturated carbocycles. The van der Waals surface area contributed by atoms with Gasteiger partial charge in [-0.2, -0.15) is 13.2 Å². The van der Waals surface area contributed by atoms with Crippen molar-refractivity contribution in [3.8, 4) is 5.75 Å². The van der Waals surface area contributed by atoms with Gasteiger partial charge in [0.15, 0.2) is 5.96 Å². The largest absolute Gasteiger partial charge is 0.488 e. The van der Waals surface area contributed by atoms with E-state index in [-0.39, 0.29) is 17.9 Å². The molecule has 0 spiro atoms. The van der Waals surface area contributed by atoms with E-state index in [1.54, 1.807) is 52.9 Å². The minimum Gasteiger partial charge on any atom is -0.488 e. The van der Waals surface area contributed by atoms with Crippen molar-refractivity contribution in [2.45, 2.75) is 39.1 Å². The minimum absolute atomic E-state index is 0.0233. The number of aliphatic imine (C=N–C) groups is 1. The number of hydrogen-bond donors (Lipinski definition) is 1. The summed E-state index contributed by atoms with van der Waals surface area (Å²) in [6.07, 6.45) is -4.45. The summed E-state index contributed by atoms with van der Waals surface area (Å²) in [5.41, 5.74) is -1.13. The lowest BCUT2D eigenvalue weighted by molar-refractivity contribution is -0.138. The fourth-order valence-corrected chi connectivity index (χ4v) is 2.00. The van der Waals surface area contributed by atoms with Crippen LogP contribution in [0, 0.1) is 0 Å². The minimum atomic E-state index is -4.45. The van der Waals surface area contributed by atoms with Crippen molar-refractivity contribution in [1.82, 2.24) is 10.2 Å². The van der Waals surface area contributed by atoms with Crippen LogP contribution in [0.4, 0.5) is 13.2 Å². The Morgan fingerprint density at radius 2 is 1.83 bits per heavy atom. The number of nitrogens with one attached hydrogen (secondary N) is 1. The van der Waals surface area contributed by atoms with E-state index in [1.807, 2.05) is 0 Å². The van der Waals surface area contributed by atoms with Crippen LogP contribution < -0.4 is 10.1 Å². The monoisotopic (exact) mass is 331 g/mol. The number of benzene rings is 1. The molecule has 0 aliphatic carbocycles. The number of guanidine groups is 1. The van der Waals surface area contributed by atoms with E-state index in [0.717, 1.165) is 6.07 Å². The molecule has 130 valence electrons. The summed E-state index contributed by atoms with van der Waals surface area (Å²) in [4.78, 5) is 5.68. The molecule has 0 saturated heterocycles. The van der Waals surface area contributed by atoms with Gasteiger partial charge in [-0.25, -0.2) is 0 Å². The highest BCUT2D eigenvalue weighted by Gasteiger charge is 2.34. The van der Waals surface area contributed by atoms with Crippen molar-refractivity contribution in [2.75, 3.05) is 21.1 Å². The second-order valence-electron chi connectivity index (χ2n) is 6.33. The Labute approximate surface area is 135 Å². The highest BCUT2D eigenvalue weighted by atomic mass is 19.4. The summed E-state index contributed by atoms with van der Waals surface area (Å²) < 4.78 is 45.4. The van der Waals surface area contributed by atoms with Crippen LogP contribution in [0.5, 0.6) is 5.75 Å². The Bertz CT molecular complexity index is 561. The molecule has 0 aromatic heterocycles. The first kappa shape index (κ1) is 19.1. The third kappa shape index (κ3) is 6.00. The molecule has 7 heteroatoms. The van der Waals surface area contributed by atoms with Crippen molar-refractivity contribution >= 4 is 5.96 Å². The lowest BCUT2D eigenvalue weighted by atomic mass is 10.1. The standard InChI is InChI=1S/C16H24F3N3O/c1-15(2,3)23-12-8-7-11(13(9-12)16(17,18)19)10-21-14(20-4)22(5)6/h7-9H,10H2,1-6H3,(H,20,21). The Morgan fingerprint density at radius 1 is 1.22 bits per heavy atom.